The van der Waals surface area contributed by atoms with Crippen molar-refractivity contribution in [1.29, 1.82) is 0 Å². The zero-order valence-electron chi connectivity index (χ0n) is 13.4. The van der Waals surface area contributed by atoms with E-state index in [4.69, 9.17) is 4.74 Å². The lowest BCUT2D eigenvalue weighted by Crippen LogP contribution is -2.12. The largest absolute Gasteiger partial charge is 0.424 e. The number of aromatic amines is 1. The van der Waals surface area contributed by atoms with Gasteiger partial charge in [0.05, 0.1) is 0 Å². The minimum atomic E-state index is -0.211. The standard InChI is InChI=1S/C19H13BrN4O2/c20-13-3-2-12-10-17(24-16(12)11-13)18(25)23-14-4-6-15(7-5-14)26-19-21-8-1-9-22-19/h1-11,24H,(H,23,25). The molecule has 4 aromatic rings. The molecule has 0 saturated carbocycles. The first-order chi connectivity index (χ1) is 12.7. The second-order valence-corrected chi connectivity index (χ2v) is 6.44. The predicted molar refractivity (Wildman–Crippen MR) is 102 cm³/mol. The Kier molecular flexibility index (Phi) is 4.37. The minimum Gasteiger partial charge on any atom is -0.424 e. The fourth-order valence-electron chi connectivity index (χ4n) is 2.47. The Morgan fingerprint density at radius 1 is 1.04 bits per heavy atom. The normalized spacial score (nSPS) is 10.7. The molecule has 0 aliphatic carbocycles. The fourth-order valence-corrected chi connectivity index (χ4v) is 2.83. The Labute approximate surface area is 157 Å². The van der Waals surface area contributed by atoms with E-state index in [2.05, 4.69) is 36.2 Å². The maximum Gasteiger partial charge on any atom is 0.321 e. The van der Waals surface area contributed by atoms with Crippen LogP contribution >= 0.6 is 15.9 Å². The average Bonchev–Trinajstić information content (AvgIpc) is 3.07. The van der Waals surface area contributed by atoms with E-state index in [0.717, 1.165) is 15.4 Å². The van der Waals surface area contributed by atoms with Gasteiger partial charge in [0.15, 0.2) is 0 Å². The topological polar surface area (TPSA) is 79.9 Å². The van der Waals surface area contributed by atoms with Crippen LogP contribution in [0.2, 0.25) is 0 Å². The number of hydrogen-bond donors (Lipinski definition) is 2. The summed E-state index contributed by atoms with van der Waals surface area (Å²) in [5, 5.41) is 3.83. The second kappa shape index (κ2) is 6.97. The van der Waals surface area contributed by atoms with E-state index in [1.165, 1.54) is 0 Å². The smallest absolute Gasteiger partial charge is 0.321 e. The van der Waals surface area contributed by atoms with Crippen LogP contribution in [0, 0.1) is 0 Å². The molecule has 0 aliphatic rings. The van der Waals surface area contributed by atoms with Crippen LogP contribution in [0.5, 0.6) is 11.8 Å². The Morgan fingerprint density at radius 3 is 2.58 bits per heavy atom. The number of anilines is 1. The van der Waals surface area contributed by atoms with Crippen molar-refractivity contribution in [1.82, 2.24) is 15.0 Å². The molecule has 7 heteroatoms. The van der Waals surface area contributed by atoms with Crippen molar-refractivity contribution in [3.8, 4) is 11.8 Å². The van der Waals surface area contributed by atoms with Gasteiger partial charge in [-0.05, 0) is 48.5 Å². The highest BCUT2D eigenvalue weighted by Crippen LogP contribution is 2.22. The Morgan fingerprint density at radius 2 is 1.81 bits per heavy atom. The van der Waals surface area contributed by atoms with Crippen molar-refractivity contribution in [2.75, 3.05) is 5.32 Å². The molecule has 0 atom stereocenters. The molecule has 0 radical (unpaired) electrons. The lowest BCUT2D eigenvalue weighted by atomic mass is 10.2. The van der Waals surface area contributed by atoms with Crippen LogP contribution in [0.4, 0.5) is 5.69 Å². The molecule has 0 spiro atoms. The number of halogens is 1. The van der Waals surface area contributed by atoms with Gasteiger partial charge in [0, 0.05) is 33.5 Å². The number of ether oxygens (including phenoxy) is 1. The lowest BCUT2D eigenvalue weighted by molar-refractivity contribution is 0.102. The number of H-pyrrole nitrogens is 1. The van der Waals surface area contributed by atoms with Crippen molar-refractivity contribution < 1.29 is 9.53 Å². The Hall–Kier alpha value is -3.19. The van der Waals surface area contributed by atoms with E-state index < -0.39 is 0 Å². The van der Waals surface area contributed by atoms with Crippen molar-refractivity contribution in [3.05, 3.63) is 77.2 Å². The molecule has 2 aromatic heterocycles. The molecule has 0 aliphatic heterocycles. The summed E-state index contributed by atoms with van der Waals surface area (Å²) >= 11 is 3.42. The first-order valence-electron chi connectivity index (χ1n) is 7.82. The molecule has 2 aromatic carbocycles. The number of nitrogens with one attached hydrogen (secondary N) is 2. The van der Waals surface area contributed by atoms with Gasteiger partial charge in [-0.3, -0.25) is 4.79 Å². The molecule has 0 bridgehead atoms. The number of fused-ring (bicyclic) bond motifs is 1. The number of hydrogen-bond acceptors (Lipinski definition) is 4. The van der Waals surface area contributed by atoms with Gasteiger partial charge in [0.1, 0.15) is 11.4 Å². The SMILES string of the molecule is O=C(Nc1ccc(Oc2ncccn2)cc1)c1cc2ccc(Br)cc2[nH]1. The average molecular weight is 409 g/mol. The van der Waals surface area contributed by atoms with E-state index in [-0.39, 0.29) is 11.9 Å². The van der Waals surface area contributed by atoms with E-state index >= 15 is 0 Å². The molecule has 0 unspecified atom stereocenters. The van der Waals surface area contributed by atoms with Crippen molar-refractivity contribution in [3.63, 3.8) is 0 Å². The van der Waals surface area contributed by atoms with Gasteiger partial charge >= 0.3 is 6.01 Å². The molecule has 4 rings (SSSR count). The number of benzene rings is 2. The minimum absolute atomic E-state index is 0.211. The molecule has 6 nitrogen and oxygen atoms in total. The maximum atomic E-state index is 12.4. The first kappa shape index (κ1) is 16.3. The highest BCUT2D eigenvalue weighted by Gasteiger charge is 2.10. The van der Waals surface area contributed by atoms with E-state index in [9.17, 15) is 4.79 Å². The van der Waals surface area contributed by atoms with Crippen molar-refractivity contribution >= 4 is 38.4 Å². The van der Waals surface area contributed by atoms with Crippen LogP contribution in [-0.2, 0) is 0 Å². The maximum absolute atomic E-state index is 12.4. The summed E-state index contributed by atoms with van der Waals surface area (Å²) in [6.07, 6.45) is 3.21. The van der Waals surface area contributed by atoms with Crippen LogP contribution in [0.1, 0.15) is 10.5 Å². The molecule has 1 amide bonds. The summed E-state index contributed by atoms with van der Waals surface area (Å²) in [5.41, 5.74) is 2.06. The van der Waals surface area contributed by atoms with Gasteiger partial charge in [0.2, 0.25) is 0 Å². The van der Waals surface area contributed by atoms with Crippen LogP contribution < -0.4 is 10.1 Å². The molecule has 2 heterocycles. The third kappa shape index (κ3) is 3.57. The second-order valence-electron chi connectivity index (χ2n) is 5.53. The van der Waals surface area contributed by atoms with Gasteiger partial charge in [-0.1, -0.05) is 22.0 Å². The third-order valence-corrected chi connectivity index (χ3v) is 4.19. The molecule has 0 fully saturated rings. The molecule has 26 heavy (non-hydrogen) atoms. The summed E-state index contributed by atoms with van der Waals surface area (Å²) in [4.78, 5) is 23.6. The number of carbonyl (C=O) groups is 1. The van der Waals surface area contributed by atoms with Crippen molar-refractivity contribution in [2.45, 2.75) is 0 Å². The molecule has 0 saturated heterocycles. The van der Waals surface area contributed by atoms with Gasteiger partial charge in [-0.25, -0.2) is 9.97 Å². The monoisotopic (exact) mass is 408 g/mol. The Bertz CT molecular complexity index is 1060. The van der Waals surface area contributed by atoms with Gasteiger partial charge in [-0.15, -0.1) is 0 Å². The summed E-state index contributed by atoms with van der Waals surface area (Å²) < 4.78 is 6.48. The van der Waals surface area contributed by atoms with E-state index in [1.807, 2.05) is 24.3 Å². The molecular formula is C19H13BrN4O2. The summed E-state index contributed by atoms with van der Waals surface area (Å²) in [7, 11) is 0. The number of aromatic nitrogens is 3. The lowest BCUT2D eigenvalue weighted by Gasteiger charge is -2.06. The number of nitrogens with zero attached hydrogens (tertiary/aromatic N) is 2. The molecular weight excluding hydrogens is 396 g/mol. The highest BCUT2D eigenvalue weighted by atomic mass is 79.9. The van der Waals surface area contributed by atoms with E-state index in [1.54, 1.807) is 42.7 Å². The summed E-state index contributed by atoms with van der Waals surface area (Å²) in [6, 6.07) is 16.6. The van der Waals surface area contributed by atoms with Gasteiger partial charge in [0.25, 0.3) is 5.91 Å². The predicted octanol–water partition coefficient (Wildman–Crippen LogP) is 4.77. The number of carbonyl (C=O) groups excluding carboxylic acids is 1. The quantitative estimate of drug-likeness (QED) is 0.509. The van der Waals surface area contributed by atoms with Gasteiger partial charge < -0.3 is 15.0 Å². The third-order valence-electron chi connectivity index (χ3n) is 3.69. The van der Waals surface area contributed by atoms with Crippen LogP contribution in [0.25, 0.3) is 10.9 Å². The number of rotatable bonds is 4. The first-order valence-corrected chi connectivity index (χ1v) is 8.61. The highest BCUT2D eigenvalue weighted by molar-refractivity contribution is 9.10. The summed E-state index contributed by atoms with van der Waals surface area (Å²) in [6.45, 7) is 0. The van der Waals surface area contributed by atoms with Crippen molar-refractivity contribution in [2.24, 2.45) is 0 Å². The van der Waals surface area contributed by atoms with Crippen LogP contribution in [0.3, 0.4) is 0 Å². The van der Waals surface area contributed by atoms with Crippen LogP contribution in [0.15, 0.2) is 71.5 Å². The van der Waals surface area contributed by atoms with Crippen LogP contribution in [-0.4, -0.2) is 20.9 Å². The zero-order valence-corrected chi connectivity index (χ0v) is 15.0. The number of amides is 1. The fraction of sp³-hybridized carbons (Fsp3) is 0. The van der Waals surface area contributed by atoms with Gasteiger partial charge in [-0.2, -0.15) is 0 Å². The van der Waals surface area contributed by atoms with E-state index in [0.29, 0.717) is 17.1 Å². The molecule has 2 N–H and O–H groups in total. The molecule has 128 valence electrons. The summed E-state index contributed by atoms with van der Waals surface area (Å²) in [5.74, 6) is 0.377. The zero-order chi connectivity index (χ0) is 17.9. The Balaban J connectivity index is 1.46.